The van der Waals surface area contributed by atoms with Crippen LogP contribution in [-0.4, -0.2) is 6.04 Å². The van der Waals surface area contributed by atoms with Crippen molar-refractivity contribution in [3.8, 4) is 0 Å². The van der Waals surface area contributed by atoms with Crippen LogP contribution in [0.2, 0.25) is 5.02 Å². The molecule has 0 radical (unpaired) electrons. The lowest BCUT2D eigenvalue weighted by atomic mass is 9.81. The molecular formula is C14H20ClN. The number of hydrogen-bond donors (Lipinski definition) is 1. The molecule has 88 valence electrons. The topological polar surface area (TPSA) is 12.0 Å². The van der Waals surface area contributed by atoms with Gasteiger partial charge in [0.1, 0.15) is 0 Å². The van der Waals surface area contributed by atoms with Crippen molar-refractivity contribution in [2.24, 2.45) is 5.92 Å². The van der Waals surface area contributed by atoms with Crippen LogP contribution in [0.5, 0.6) is 0 Å². The minimum atomic E-state index is 0.615. The molecular weight excluding hydrogens is 218 g/mol. The molecule has 1 aliphatic rings. The van der Waals surface area contributed by atoms with E-state index in [1.54, 1.807) is 0 Å². The molecule has 1 atom stereocenters. The Morgan fingerprint density at radius 3 is 2.88 bits per heavy atom. The van der Waals surface area contributed by atoms with Gasteiger partial charge in [0.25, 0.3) is 0 Å². The van der Waals surface area contributed by atoms with Gasteiger partial charge < -0.3 is 5.32 Å². The molecule has 0 saturated heterocycles. The first-order valence-electron chi connectivity index (χ1n) is 6.22. The highest BCUT2D eigenvalue weighted by Crippen LogP contribution is 2.30. The van der Waals surface area contributed by atoms with Crippen LogP contribution in [0.4, 0.5) is 0 Å². The summed E-state index contributed by atoms with van der Waals surface area (Å²) in [6.45, 7) is 3.21. The number of halogens is 1. The normalized spacial score (nSPS) is 18.1. The van der Waals surface area contributed by atoms with Crippen LogP contribution in [0.3, 0.4) is 0 Å². The number of nitrogens with one attached hydrogen (secondary N) is 1. The average molecular weight is 238 g/mol. The fourth-order valence-corrected chi connectivity index (χ4v) is 2.46. The van der Waals surface area contributed by atoms with E-state index in [9.17, 15) is 0 Å². The fraction of sp³-hybridized carbons (Fsp3) is 0.571. The maximum atomic E-state index is 5.95. The standard InChI is InChI=1S/C14H20ClN/c1-11(8-12-4-2-5-12)16-10-13-6-3-7-14(15)9-13/h3,6-7,9,11-12,16H,2,4-5,8,10H2,1H3. The molecule has 0 aliphatic heterocycles. The molecule has 1 aromatic rings. The molecule has 0 heterocycles. The van der Waals surface area contributed by atoms with Gasteiger partial charge in [0.05, 0.1) is 0 Å². The minimum absolute atomic E-state index is 0.615. The summed E-state index contributed by atoms with van der Waals surface area (Å²) in [7, 11) is 0. The lowest BCUT2D eigenvalue weighted by molar-refractivity contribution is 0.265. The van der Waals surface area contributed by atoms with Gasteiger partial charge in [-0.15, -0.1) is 0 Å². The zero-order valence-electron chi connectivity index (χ0n) is 9.88. The third-order valence-corrected chi connectivity index (χ3v) is 3.69. The Kier molecular flexibility index (Phi) is 4.25. The van der Waals surface area contributed by atoms with Gasteiger partial charge in [-0.25, -0.2) is 0 Å². The van der Waals surface area contributed by atoms with E-state index in [0.717, 1.165) is 17.5 Å². The molecule has 1 saturated carbocycles. The number of hydrogen-bond acceptors (Lipinski definition) is 1. The molecule has 2 rings (SSSR count). The fourth-order valence-electron chi connectivity index (χ4n) is 2.25. The Balaban J connectivity index is 1.73. The first-order valence-corrected chi connectivity index (χ1v) is 6.59. The van der Waals surface area contributed by atoms with E-state index in [0.29, 0.717) is 6.04 Å². The summed E-state index contributed by atoms with van der Waals surface area (Å²) in [4.78, 5) is 0. The summed E-state index contributed by atoms with van der Waals surface area (Å²) in [5.74, 6) is 0.974. The van der Waals surface area contributed by atoms with Gasteiger partial charge in [0, 0.05) is 17.6 Å². The lowest BCUT2D eigenvalue weighted by Crippen LogP contribution is -2.29. The smallest absolute Gasteiger partial charge is 0.0409 e. The highest BCUT2D eigenvalue weighted by Gasteiger charge is 2.19. The van der Waals surface area contributed by atoms with Crippen LogP contribution in [0, 0.1) is 5.92 Å². The van der Waals surface area contributed by atoms with Crippen molar-refractivity contribution in [1.29, 1.82) is 0 Å². The van der Waals surface area contributed by atoms with Gasteiger partial charge in [-0.2, -0.15) is 0 Å². The summed E-state index contributed by atoms with van der Waals surface area (Å²) in [5.41, 5.74) is 1.27. The summed E-state index contributed by atoms with van der Waals surface area (Å²) < 4.78 is 0. The second kappa shape index (κ2) is 5.70. The Labute approximate surface area is 103 Å². The Morgan fingerprint density at radius 2 is 2.25 bits per heavy atom. The van der Waals surface area contributed by atoms with E-state index in [-0.39, 0.29) is 0 Å². The van der Waals surface area contributed by atoms with E-state index in [1.807, 2.05) is 18.2 Å². The zero-order chi connectivity index (χ0) is 11.4. The van der Waals surface area contributed by atoms with Crippen molar-refractivity contribution < 1.29 is 0 Å². The molecule has 0 amide bonds. The highest BCUT2D eigenvalue weighted by molar-refractivity contribution is 6.30. The molecule has 1 N–H and O–H groups in total. The number of benzene rings is 1. The van der Waals surface area contributed by atoms with Crippen molar-refractivity contribution in [2.45, 2.75) is 45.2 Å². The van der Waals surface area contributed by atoms with Gasteiger partial charge in [-0.05, 0) is 37.0 Å². The van der Waals surface area contributed by atoms with Crippen molar-refractivity contribution in [2.75, 3.05) is 0 Å². The molecule has 1 unspecified atom stereocenters. The molecule has 1 fully saturated rings. The van der Waals surface area contributed by atoms with Crippen molar-refractivity contribution >= 4 is 11.6 Å². The first kappa shape index (κ1) is 11.9. The SMILES string of the molecule is CC(CC1CCC1)NCc1cccc(Cl)c1. The summed E-state index contributed by atoms with van der Waals surface area (Å²) in [6.07, 6.45) is 5.62. The van der Waals surface area contributed by atoms with Crippen LogP contribution in [0.15, 0.2) is 24.3 Å². The predicted molar refractivity (Wildman–Crippen MR) is 69.7 cm³/mol. The Hall–Kier alpha value is -0.530. The molecule has 1 aromatic carbocycles. The predicted octanol–water partition coefficient (Wildman–Crippen LogP) is 4.01. The maximum Gasteiger partial charge on any atom is 0.0409 e. The molecule has 0 spiro atoms. The summed E-state index contributed by atoms with van der Waals surface area (Å²) >= 11 is 5.95. The second-order valence-electron chi connectivity index (χ2n) is 4.94. The van der Waals surface area contributed by atoms with Gasteiger partial charge in [0.15, 0.2) is 0 Å². The summed E-state index contributed by atoms with van der Waals surface area (Å²) in [5, 5.41) is 4.39. The van der Waals surface area contributed by atoms with Crippen molar-refractivity contribution in [1.82, 2.24) is 5.32 Å². The van der Waals surface area contributed by atoms with Gasteiger partial charge in [0.2, 0.25) is 0 Å². The molecule has 2 heteroatoms. The van der Waals surface area contributed by atoms with Gasteiger partial charge >= 0.3 is 0 Å². The van der Waals surface area contributed by atoms with Crippen LogP contribution >= 0.6 is 11.6 Å². The van der Waals surface area contributed by atoms with Crippen LogP contribution in [-0.2, 0) is 6.54 Å². The van der Waals surface area contributed by atoms with Crippen LogP contribution < -0.4 is 5.32 Å². The summed E-state index contributed by atoms with van der Waals surface area (Å²) in [6, 6.07) is 8.70. The zero-order valence-corrected chi connectivity index (χ0v) is 10.6. The molecule has 16 heavy (non-hydrogen) atoms. The van der Waals surface area contributed by atoms with E-state index in [1.165, 1.54) is 31.2 Å². The third kappa shape index (κ3) is 3.50. The van der Waals surface area contributed by atoms with Crippen molar-refractivity contribution in [3.63, 3.8) is 0 Å². The Bertz CT molecular complexity index is 333. The van der Waals surface area contributed by atoms with E-state index >= 15 is 0 Å². The maximum absolute atomic E-state index is 5.95. The second-order valence-corrected chi connectivity index (χ2v) is 5.38. The average Bonchev–Trinajstić information content (AvgIpc) is 2.21. The third-order valence-electron chi connectivity index (χ3n) is 3.46. The largest absolute Gasteiger partial charge is 0.310 e. The van der Waals surface area contributed by atoms with Crippen LogP contribution in [0.1, 0.15) is 38.2 Å². The molecule has 0 bridgehead atoms. The van der Waals surface area contributed by atoms with Crippen molar-refractivity contribution in [3.05, 3.63) is 34.9 Å². The lowest BCUT2D eigenvalue weighted by Gasteiger charge is -2.28. The number of rotatable bonds is 5. The molecule has 0 aromatic heterocycles. The molecule has 1 nitrogen and oxygen atoms in total. The highest BCUT2D eigenvalue weighted by atomic mass is 35.5. The first-order chi connectivity index (χ1) is 7.74. The van der Waals surface area contributed by atoms with E-state index in [4.69, 9.17) is 11.6 Å². The monoisotopic (exact) mass is 237 g/mol. The van der Waals surface area contributed by atoms with Crippen LogP contribution in [0.25, 0.3) is 0 Å². The van der Waals surface area contributed by atoms with E-state index in [2.05, 4.69) is 18.3 Å². The molecule has 1 aliphatic carbocycles. The van der Waals surface area contributed by atoms with E-state index < -0.39 is 0 Å². The quantitative estimate of drug-likeness (QED) is 0.816. The Morgan fingerprint density at radius 1 is 1.44 bits per heavy atom. The van der Waals surface area contributed by atoms with Gasteiger partial charge in [-0.3, -0.25) is 0 Å². The minimum Gasteiger partial charge on any atom is -0.310 e. The van der Waals surface area contributed by atoms with Gasteiger partial charge in [-0.1, -0.05) is 43.0 Å².